The van der Waals surface area contributed by atoms with Gasteiger partial charge in [-0.2, -0.15) is 0 Å². The molecular weight excluding hydrogens is 180 g/mol. The van der Waals surface area contributed by atoms with E-state index >= 15 is 0 Å². The van der Waals surface area contributed by atoms with Crippen LogP contribution in [0.2, 0.25) is 0 Å². The Balaban J connectivity index is 1.80. The van der Waals surface area contributed by atoms with Gasteiger partial charge in [0.15, 0.2) is 0 Å². The van der Waals surface area contributed by atoms with E-state index in [1.807, 2.05) is 0 Å². The van der Waals surface area contributed by atoms with Crippen LogP contribution in [0.15, 0.2) is 0 Å². The fourth-order valence-electron chi connectivity index (χ4n) is 6.40. The third-order valence-corrected chi connectivity index (χ3v) is 6.72. The lowest BCUT2D eigenvalue weighted by atomic mass is 9.45. The van der Waals surface area contributed by atoms with Gasteiger partial charge in [0.25, 0.3) is 0 Å². The average Bonchev–Trinajstić information content (AvgIpc) is 2.50. The normalized spacial score (nSPS) is 61.8. The van der Waals surface area contributed by atoms with Crippen LogP contribution in [0.4, 0.5) is 0 Å². The molecule has 5 atom stereocenters. The molecule has 4 saturated carbocycles. The molecule has 1 spiro atoms. The van der Waals surface area contributed by atoms with Crippen LogP contribution in [-0.4, -0.2) is 0 Å². The molecule has 0 aromatic heterocycles. The third kappa shape index (κ3) is 1.04. The summed E-state index contributed by atoms with van der Waals surface area (Å²) in [5, 5.41) is 0. The molecule has 0 heteroatoms. The van der Waals surface area contributed by atoms with E-state index in [0.717, 1.165) is 28.6 Å². The SMILES string of the molecule is CC12CCC3CCC4CCC(C1)CC43C2. The van der Waals surface area contributed by atoms with Crippen molar-refractivity contribution >= 4 is 0 Å². The molecule has 4 fully saturated rings. The average molecular weight is 204 g/mol. The molecular formula is C15H24. The van der Waals surface area contributed by atoms with Crippen LogP contribution >= 0.6 is 0 Å². The number of fused-ring (bicyclic) bond motifs is 2. The van der Waals surface area contributed by atoms with Crippen molar-refractivity contribution < 1.29 is 0 Å². The van der Waals surface area contributed by atoms with Gasteiger partial charge in [-0.25, -0.2) is 0 Å². The largest absolute Gasteiger partial charge is 0.0596 e. The van der Waals surface area contributed by atoms with Crippen LogP contribution in [0, 0.1) is 28.6 Å². The van der Waals surface area contributed by atoms with E-state index in [1.54, 1.807) is 57.8 Å². The van der Waals surface area contributed by atoms with Gasteiger partial charge < -0.3 is 0 Å². The lowest BCUT2D eigenvalue weighted by Crippen LogP contribution is -2.50. The molecule has 4 rings (SSSR count). The van der Waals surface area contributed by atoms with Crippen LogP contribution in [0.3, 0.4) is 0 Å². The predicted octanol–water partition coefficient (Wildman–Crippen LogP) is 4.39. The van der Waals surface area contributed by atoms with Gasteiger partial charge in [0.2, 0.25) is 0 Å². The molecule has 15 heavy (non-hydrogen) atoms. The molecule has 84 valence electrons. The Morgan fingerprint density at radius 1 is 0.867 bits per heavy atom. The first-order valence-electron chi connectivity index (χ1n) is 7.20. The lowest BCUT2D eigenvalue weighted by Gasteiger charge is -2.60. The molecule has 0 aliphatic heterocycles. The summed E-state index contributed by atoms with van der Waals surface area (Å²) in [6.45, 7) is 2.61. The minimum absolute atomic E-state index is 0.766. The second-order valence-corrected chi connectivity index (χ2v) is 7.58. The minimum Gasteiger partial charge on any atom is -0.0596 e. The summed E-state index contributed by atoms with van der Waals surface area (Å²) in [4.78, 5) is 0. The highest BCUT2D eigenvalue weighted by Crippen LogP contribution is 2.70. The minimum atomic E-state index is 0.766. The summed E-state index contributed by atoms with van der Waals surface area (Å²) in [5.41, 5.74) is 1.64. The Kier molecular flexibility index (Phi) is 1.59. The van der Waals surface area contributed by atoms with Crippen molar-refractivity contribution in [2.75, 3.05) is 0 Å². The van der Waals surface area contributed by atoms with Crippen molar-refractivity contribution in [1.29, 1.82) is 0 Å². The van der Waals surface area contributed by atoms with E-state index < -0.39 is 0 Å². The van der Waals surface area contributed by atoms with Gasteiger partial charge in [-0.3, -0.25) is 0 Å². The zero-order valence-corrected chi connectivity index (χ0v) is 10.1. The Labute approximate surface area is 93.8 Å². The molecule has 4 aliphatic carbocycles. The zero-order chi connectivity index (χ0) is 10.1. The van der Waals surface area contributed by atoms with Gasteiger partial charge in [-0.1, -0.05) is 13.3 Å². The summed E-state index contributed by atoms with van der Waals surface area (Å²) in [6.07, 6.45) is 14.3. The van der Waals surface area contributed by atoms with Crippen molar-refractivity contribution in [2.45, 2.75) is 64.7 Å². The predicted molar refractivity (Wildman–Crippen MR) is 62.6 cm³/mol. The maximum Gasteiger partial charge on any atom is -0.0233 e. The first-order chi connectivity index (χ1) is 7.20. The fourth-order valence-corrected chi connectivity index (χ4v) is 6.40. The third-order valence-electron chi connectivity index (χ3n) is 6.72. The maximum absolute atomic E-state index is 2.61. The van der Waals surface area contributed by atoms with Crippen LogP contribution in [0.5, 0.6) is 0 Å². The molecule has 0 aromatic carbocycles. The maximum atomic E-state index is 2.61. The van der Waals surface area contributed by atoms with Gasteiger partial charge in [-0.15, -0.1) is 0 Å². The first kappa shape index (κ1) is 9.07. The highest BCUT2D eigenvalue weighted by Gasteiger charge is 2.60. The Bertz CT molecular complexity index is 286. The van der Waals surface area contributed by atoms with Crippen molar-refractivity contribution in [3.8, 4) is 0 Å². The van der Waals surface area contributed by atoms with Crippen LogP contribution in [-0.2, 0) is 0 Å². The standard InChI is InChI=1S/C15H24/c1-14-7-6-13-5-4-12-3-2-11(8-14)9-15(12,13)10-14/h11-13H,2-10H2,1H3. The number of hydrogen-bond donors (Lipinski definition) is 0. The van der Waals surface area contributed by atoms with Gasteiger partial charge in [0.05, 0.1) is 0 Å². The van der Waals surface area contributed by atoms with Crippen molar-refractivity contribution in [1.82, 2.24) is 0 Å². The zero-order valence-electron chi connectivity index (χ0n) is 10.1. The van der Waals surface area contributed by atoms with E-state index in [4.69, 9.17) is 0 Å². The summed E-state index contributed by atoms with van der Waals surface area (Å²) >= 11 is 0. The fraction of sp³-hybridized carbons (Fsp3) is 1.00. The van der Waals surface area contributed by atoms with Crippen molar-refractivity contribution in [3.63, 3.8) is 0 Å². The monoisotopic (exact) mass is 204 g/mol. The number of hydrogen-bond acceptors (Lipinski definition) is 0. The highest BCUT2D eigenvalue weighted by atomic mass is 14.6. The number of rotatable bonds is 0. The molecule has 0 aromatic rings. The Morgan fingerprint density at radius 3 is 2.47 bits per heavy atom. The Hall–Kier alpha value is 0. The highest BCUT2D eigenvalue weighted by molar-refractivity contribution is 5.10. The summed E-state index contributed by atoms with van der Waals surface area (Å²) in [5.74, 6) is 3.43. The van der Waals surface area contributed by atoms with Gasteiger partial charge in [0.1, 0.15) is 0 Å². The molecule has 4 aliphatic rings. The smallest absolute Gasteiger partial charge is 0.0233 e. The van der Waals surface area contributed by atoms with Crippen LogP contribution < -0.4 is 0 Å². The second-order valence-electron chi connectivity index (χ2n) is 7.58. The summed E-state index contributed by atoms with van der Waals surface area (Å²) in [6, 6.07) is 0. The summed E-state index contributed by atoms with van der Waals surface area (Å²) in [7, 11) is 0. The molecule has 0 N–H and O–H groups in total. The molecule has 3 bridgehead atoms. The molecule has 5 unspecified atom stereocenters. The molecule has 0 radical (unpaired) electrons. The molecule has 0 nitrogen and oxygen atoms in total. The summed E-state index contributed by atoms with van der Waals surface area (Å²) < 4.78 is 0. The Morgan fingerprint density at radius 2 is 1.60 bits per heavy atom. The first-order valence-corrected chi connectivity index (χ1v) is 7.20. The van der Waals surface area contributed by atoms with Crippen molar-refractivity contribution in [3.05, 3.63) is 0 Å². The second kappa shape index (κ2) is 2.63. The molecule has 0 heterocycles. The molecule has 0 amide bonds. The molecule has 0 saturated heterocycles. The van der Waals surface area contributed by atoms with Gasteiger partial charge >= 0.3 is 0 Å². The quantitative estimate of drug-likeness (QED) is 0.549. The topological polar surface area (TPSA) is 0 Å². The van der Waals surface area contributed by atoms with Crippen LogP contribution in [0.25, 0.3) is 0 Å². The van der Waals surface area contributed by atoms with Gasteiger partial charge in [-0.05, 0) is 80.0 Å². The van der Waals surface area contributed by atoms with E-state index in [9.17, 15) is 0 Å². The van der Waals surface area contributed by atoms with Crippen molar-refractivity contribution in [2.24, 2.45) is 28.6 Å². The van der Waals surface area contributed by atoms with Gasteiger partial charge in [0, 0.05) is 0 Å². The van der Waals surface area contributed by atoms with E-state index in [1.165, 1.54) is 0 Å². The van der Waals surface area contributed by atoms with E-state index in [-0.39, 0.29) is 0 Å². The van der Waals surface area contributed by atoms with E-state index in [2.05, 4.69) is 6.92 Å². The van der Waals surface area contributed by atoms with Crippen LogP contribution in [0.1, 0.15) is 64.7 Å². The van der Waals surface area contributed by atoms with E-state index in [0.29, 0.717) is 0 Å². The lowest BCUT2D eigenvalue weighted by molar-refractivity contribution is -0.0995.